The van der Waals surface area contributed by atoms with Crippen molar-refractivity contribution in [2.75, 3.05) is 10.6 Å². The number of para-hydroxylation sites is 1. The highest BCUT2D eigenvalue weighted by Gasteiger charge is 2.29. The predicted octanol–water partition coefficient (Wildman–Crippen LogP) is 3.72. The number of amides is 2. The molecule has 0 bridgehead atoms. The lowest BCUT2D eigenvalue weighted by Crippen LogP contribution is -2.34. The van der Waals surface area contributed by atoms with Crippen molar-refractivity contribution >= 4 is 23.2 Å². The number of carbonyl (C=O) groups excluding carboxylic acids is 2. The van der Waals surface area contributed by atoms with Crippen LogP contribution in [0.2, 0.25) is 0 Å². The predicted molar refractivity (Wildman–Crippen MR) is 109 cm³/mol. The van der Waals surface area contributed by atoms with Crippen LogP contribution in [0.3, 0.4) is 0 Å². The Morgan fingerprint density at radius 3 is 2.72 bits per heavy atom. The lowest BCUT2D eigenvalue weighted by Gasteiger charge is -2.23. The smallest absolute Gasteiger partial charge is 0.274 e. The van der Waals surface area contributed by atoms with Crippen molar-refractivity contribution in [2.24, 2.45) is 0 Å². The zero-order valence-electron chi connectivity index (χ0n) is 15.9. The molecule has 3 aromatic rings. The summed E-state index contributed by atoms with van der Waals surface area (Å²) in [5.41, 5.74) is 3.37. The number of hydrogen-bond donors (Lipinski definition) is 2. The minimum absolute atomic E-state index is 0.211. The molecule has 1 fully saturated rings. The lowest BCUT2D eigenvalue weighted by molar-refractivity contribution is -0.122. The van der Waals surface area contributed by atoms with Crippen molar-refractivity contribution in [3.63, 3.8) is 0 Å². The average molecular weight is 388 g/mol. The standard InChI is InChI=1S/C22H20N4O3/c1-13-21(27)24-18-11-15(9-10-20(18)29-13)23-22(28)19-12-17(14-7-8-14)25-26(19)16-5-3-2-4-6-16/h2-6,9-14H,7-8H2,1H3,(H,23,28)(H,24,27). The Morgan fingerprint density at radius 2 is 1.97 bits per heavy atom. The molecule has 146 valence electrons. The van der Waals surface area contributed by atoms with Crippen LogP contribution in [-0.4, -0.2) is 27.7 Å². The van der Waals surface area contributed by atoms with Gasteiger partial charge in [0, 0.05) is 11.6 Å². The molecule has 0 radical (unpaired) electrons. The number of hydrogen-bond acceptors (Lipinski definition) is 4. The molecule has 1 atom stereocenters. The van der Waals surface area contributed by atoms with Gasteiger partial charge in [-0.3, -0.25) is 9.59 Å². The summed E-state index contributed by atoms with van der Waals surface area (Å²) in [4.78, 5) is 24.9. The fraction of sp³-hybridized carbons (Fsp3) is 0.227. The van der Waals surface area contributed by atoms with Crippen molar-refractivity contribution in [3.05, 3.63) is 66.0 Å². The number of benzene rings is 2. The van der Waals surface area contributed by atoms with Crippen LogP contribution in [0.15, 0.2) is 54.6 Å². The molecule has 0 saturated heterocycles. The normalized spacial score (nSPS) is 17.8. The first-order chi connectivity index (χ1) is 14.1. The molecule has 1 aromatic heterocycles. The van der Waals surface area contributed by atoms with Crippen molar-refractivity contribution in [3.8, 4) is 11.4 Å². The highest BCUT2D eigenvalue weighted by molar-refractivity contribution is 6.04. The average Bonchev–Trinajstić information content (AvgIpc) is 3.48. The minimum Gasteiger partial charge on any atom is -0.479 e. The van der Waals surface area contributed by atoms with E-state index in [1.807, 2.05) is 36.4 Å². The van der Waals surface area contributed by atoms with Crippen LogP contribution in [0.4, 0.5) is 11.4 Å². The number of fused-ring (bicyclic) bond motifs is 1. The second-order valence-corrected chi connectivity index (χ2v) is 7.39. The van der Waals surface area contributed by atoms with Crippen molar-refractivity contribution in [1.29, 1.82) is 0 Å². The maximum absolute atomic E-state index is 13.1. The molecule has 7 nitrogen and oxygen atoms in total. The fourth-order valence-electron chi connectivity index (χ4n) is 3.39. The van der Waals surface area contributed by atoms with Crippen molar-refractivity contribution < 1.29 is 14.3 Å². The number of rotatable bonds is 4. The zero-order valence-corrected chi connectivity index (χ0v) is 15.9. The third-order valence-corrected chi connectivity index (χ3v) is 5.13. The molecule has 1 aliphatic carbocycles. The molecular formula is C22H20N4O3. The molecule has 2 aromatic carbocycles. The summed E-state index contributed by atoms with van der Waals surface area (Å²) in [5, 5.41) is 10.4. The molecule has 5 rings (SSSR count). The molecule has 1 unspecified atom stereocenters. The van der Waals surface area contributed by atoms with E-state index < -0.39 is 6.10 Å². The number of carbonyl (C=O) groups is 2. The van der Waals surface area contributed by atoms with Gasteiger partial charge in [0.2, 0.25) is 0 Å². The van der Waals surface area contributed by atoms with Gasteiger partial charge in [-0.05, 0) is 56.2 Å². The Morgan fingerprint density at radius 1 is 1.17 bits per heavy atom. The van der Waals surface area contributed by atoms with Crippen LogP contribution in [0.5, 0.6) is 5.75 Å². The minimum atomic E-state index is -0.538. The SMILES string of the molecule is CC1Oc2ccc(NC(=O)c3cc(C4CC4)nn3-c3ccccc3)cc2NC1=O. The molecular weight excluding hydrogens is 368 g/mol. The van der Waals surface area contributed by atoms with E-state index in [1.165, 1.54) is 0 Å². The molecule has 2 amide bonds. The van der Waals surface area contributed by atoms with E-state index >= 15 is 0 Å². The maximum atomic E-state index is 13.1. The molecule has 2 aliphatic rings. The molecule has 2 N–H and O–H groups in total. The topological polar surface area (TPSA) is 85.2 Å². The van der Waals surface area contributed by atoms with E-state index in [0.29, 0.717) is 28.7 Å². The molecule has 7 heteroatoms. The largest absolute Gasteiger partial charge is 0.479 e. The molecule has 1 aliphatic heterocycles. The van der Waals surface area contributed by atoms with Gasteiger partial charge in [-0.15, -0.1) is 0 Å². The van der Waals surface area contributed by atoms with E-state index in [0.717, 1.165) is 24.2 Å². The highest BCUT2D eigenvalue weighted by Crippen LogP contribution is 2.40. The van der Waals surface area contributed by atoms with Gasteiger partial charge in [-0.1, -0.05) is 18.2 Å². The quantitative estimate of drug-likeness (QED) is 0.713. The van der Waals surface area contributed by atoms with E-state index in [1.54, 1.807) is 29.8 Å². The van der Waals surface area contributed by atoms with Gasteiger partial charge >= 0.3 is 0 Å². The fourth-order valence-corrected chi connectivity index (χ4v) is 3.39. The summed E-state index contributed by atoms with van der Waals surface area (Å²) >= 11 is 0. The highest BCUT2D eigenvalue weighted by atomic mass is 16.5. The van der Waals surface area contributed by atoms with Gasteiger partial charge in [0.1, 0.15) is 11.4 Å². The first-order valence-corrected chi connectivity index (χ1v) is 9.67. The molecule has 1 saturated carbocycles. The summed E-state index contributed by atoms with van der Waals surface area (Å²) in [6, 6.07) is 16.7. The van der Waals surface area contributed by atoms with Gasteiger partial charge in [0.15, 0.2) is 6.10 Å². The van der Waals surface area contributed by atoms with E-state index in [4.69, 9.17) is 4.74 Å². The van der Waals surface area contributed by atoms with Crippen LogP contribution in [0.25, 0.3) is 5.69 Å². The molecule has 0 spiro atoms. The number of nitrogens with zero attached hydrogens (tertiary/aromatic N) is 2. The Bertz CT molecular complexity index is 1100. The lowest BCUT2D eigenvalue weighted by atomic mass is 10.2. The second-order valence-electron chi connectivity index (χ2n) is 7.39. The molecule has 29 heavy (non-hydrogen) atoms. The van der Waals surface area contributed by atoms with Crippen molar-refractivity contribution in [1.82, 2.24) is 9.78 Å². The van der Waals surface area contributed by atoms with E-state index in [-0.39, 0.29) is 11.8 Å². The van der Waals surface area contributed by atoms with Gasteiger partial charge in [0.25, 0.3) is 11.8 Å². The summed E-state index contributed by atoms with van der Waals surface area (Å²) < 4.78 is 7.25. The van der Waals surface area contributed by atoms with Gasteiger partial charge < -0.3 is 15.4 Å². The number of aromatic nitrogens is 2. The molecule has 2 heterocycles. The Kier molecular flexibility index (Phi) is 4.08. The maximum Gasteiger partial charge on any atom is 0.274 e. The van der Waals surface area contributed by atoms with Gasteiger partial charge in [-0.2, -0.15) is 5.10 Å². The summed E-state index contributed by atoms with van der Waals surface area (Å²) in [6.45, 7) is 1.69. The van der Waals surface area contributed by atoms with Crippen LogP contribution in [0.1, 0.15) is 41.9 Å². The van der Waals surface area contributed by atoms with E-state index in [2.05, 4.69) is 15.7 Å². The van der Waals surface area contributed by atoms with E-state index in [9.17, 15) is 9.59 Å². The van der Waals surface area contributed by atoms with Crippen LogP contribution in [-0.2, 0) is 4.79 Å². The Hall–Kier alpha value is -3.61. The third-order valence-electron chi connectivity index (χ3n) is 5.13. The van der Waals surface area contributed by atoms with Gasteiger partial charge in [-0.25, -0.2) is 4.68 Å². The number of anilines is 2. The number of ether oxygens (including phenoxy) is 1. The van der Waals surface area contributed by atoms with Crippen molar-refractivity contribution in [2.45, 2.75) is 31.8 Å². The van der Waals surface area contributed by atoms with Gasteiger partial charge in [0.05, 0.1) is 17.1 Å². The first-order valence-electron chi connectivity index (χ1n) is 9.67. The monoisotopic (exact) mass is 388 g/mol. The number of nitrogens with one attached hydrogen (secondary N) is 2. The van der Waals surface area contributed by atoms with Crippen LogP contribution in [0, 0.1) is 0 Å². The second kappa shape index (κ2) is 6.77. The zero-order chi connectivity index (χ0) is 20.0. The first kappa shape index (κ1) is 17.5. The summed E-state index contributed by atoms with van der Waals surface area (Å²) in [7, 11) is 0. The third kappa shape index (κ3) is 3.35. The summed E-state index contributed by atoms with van der Waals surface area (Å²) in [5.74, 6) is 0.548. The summed E-state index contributed by atoms with van der Waals surface area (Å²) in [6.07, 6.45) is 1.68. The Labute approximate surface area is 167 Å². The Balaban J connectivity index is 1.44. The van der Waals surface area contributed by atoms with Crippen LogP contribution >= 0.6 is 0 Å². The van der Waals surface area contributed by atoms with Crippen LogP contribution < -0.4 is 15.4 Å².